The first kappa shape index (κ1) is 70.2. The van der Waals surface area contributed by atoms with Gasteiger partial charge < -0.3 is 36.2 Å². The molecule has 10 aromatic heterocycles. The molecule has 24 nitrogen and oxygen atoms in total. The first-order valence-corrected chi connectivity index (χ1v) is 31.9. The number of aromatic nitrogens is 14. The third-order valence-corrected chi connectivity index (χ3v) is 17.1. The smallest absolute Gasteiger partial charge is 0.475 e. The number of carbonyl (C=O) groups is 2. The number of H-pyrrole nitrogens is 2. The Balaban J connectivity index is 0.000000152. The molecular weight excluding hydrogens is 1380 g/mol. The van der Waals surface area contributed by atoms with Gasteiger partial charge in [-0.05, 0) is 131 Å². The Morgan fingerprint density at radius 2 is 0.990 bits per heavy atom. The maximum Gasteiger partial charge on any atom is 0.490 e. The lowest BCUT2D eigenvalue weighted by molar-refractivity contribution is -0.192. The third kappa shape index (κ3) is 16.0. The number of rotatable bonds is 9. The Morgan fingerprint density at radius 3 is 1.39 bits per heavy atom. The standard InChI is InChI=1S/C20H16FN7OS.C20H22FN3O3S.C15H14FN3OS.C5H3BrN4.C2HF3O2/c1-10-7-30-20-27-15(11(2)26-18-16-17(23-8-22-16)24-9-25-18)14(19(29)28(10)20)12-4-3-5-13(21)6-12;1-11-10-28-18-23-16(12(2)22-19(26)27-20(3,4)5)15(17(25)24(11)18)13-7-6-8-14(21)9-13;1-8-7-21-15-18-13(9(2)17)12(14(20)19(8)15)10-4-3-5-11(16)6-10;6-4-3-5(9-1-7-3)10-2-8-4;3-2(4,5)1(6)7/h3-9,11H,1-2H3,(H2,22,23,24,25,26);6-10,12H,1-5H3,(H,22,26);3-7,9H,17H2,1-2H3;1-2H,(H,7,8,9,10);(H,6,7)/t11-;12-;9-;;/m000../s1. The number of nitrogens with zero attached hydrogens (tertiary/aromatic N) is 12. The van der Waals surface area contributed by atoms with Gasteiger partial charge >= 0.3 is 18.2 Å². The highest BCUT2D eigenvalue weighted by Crippen LogP contribution is 2.32. The van der Waals surface area contributed by atoms with E-state index in [0.29, 0.717) is 82.4 Å². The van der Waals surface area contributed by atoms with Crippen molar-refractivity contribution in [1.29, 1.82) is 0 Å². The van der Waals surface area contributed by atoms with Gasteiger partial charge in [-0.3, -0.25) is 27.6 Å². The molecule has 3 aromatic carbocycles. The Bertz CT molecular complexity index is 5210. The number of aryl methyl sites for hydroxylation is 3. The Hall–Kier alpha value is -10.2. The summed E-state index contributed by atoms with van der Waals surface area (Å²) in [6, 6.07) is 16.3. The number of carbonyl (C=O) groups excluding carboxylic acids is 1. The number of aromatic amines is 2. The molecule has 0 fully saturated rings. The molecule has 0 saturated carbocycles. The topological polar surface area (TPSA) is 326 Å². The minimum Gasteiger partial charge on any atom is -0.475 e. The molecule has 10 heterocycles. The fraction of sp³-hybridized carbons (Fsp3) is 0.226. The zero-order valence-electron chi connectivity index (χ0n) is 51.9. The fourth-order valence-electron chi connectivity index (χ4n) is 9.43. The van der Waals surface area contributed by atoms with Crippen LogP contribution in [0.2, 0.25) is 0 Å². The van der Waals surface area contributed by atoms with E-state index in [0.717, 1.165) is 27.2 Å². The van der Waals surface area contributed by atoms with Gasteiger partial charge in [0.2, 0.25) is 0 Å². The summed E-state index contributed by atoms with van der Waals surface area (Å²) in [5.74, 6) is -3.48. The summed E-state index contributed by atoms with van der Waals surface area (Å²) in [4.78, 5) is 106. The molecule has 498 valence electrons. The molecule has 7 N–H and O–H groups in total. The highest BCUT2D eigenvalue weighted by Gasteiger charge is 2.38. The number of halogens is 7. The molecule has 96 heavy (non-hydrogen) atoms. The van der Waals surface area contributed by atoms with Crippen LogP contribution in [0.15, 0.2) is 133 Å². The number of nitrogens with one attached hydrogen (secondary N) is 4. The summed E-state index contributed by atoms with van der Waals surface area (Å²) in [6.45, 7) is 16.1. The summed E-state index contributed by atoms with van der Waals surface area (Å²) in [7, 11) is 0. The number of imidazole rings is 2. The normalized spacial score (nSPS) is 12.3. The Labute approximate surface area is 559 Å². The Morgan fingerprint density at radius 1 is 0.604 bits per heavy atom. The van der Waals surface area contributed by atoms with Gasteiger partial charge in [0, 0.05) is 39.3 Å². The number of hydrogen-bond donors (Lipinski definition) is 6. The van der Waals surface area contributed by atoms with E-state index in [4.69, 9.17) is 25.4 Å². The van der Waals surface area contributed by atoms with Crippen LogP contribution in [0.1, 0.15) is 93.8 Å². The van der Waals surface area contributed by atoms with Crippen molar-refractivity contribution in [1.82, 2.24) is 73.3 Å². The maximum absolute atomic E-state index is 14.0. The molecule has 0 aliphatic rings. The number of nitrogens with two attached hydrogens (primary N) is 1. The average Bonchev–Trinajstić information content (AvgIpc) is 1.75. The van der Waals surface area contributed by atoms with Crippen LogP contribution >= 0.6 is 49.9 Å². The number of aliphatic carboxylic acids is 1. The van der Waals surface area contributed by atoms with Gasteiger partial charge in [-0.25, -0.2) is 67.6 Å². The van der Waals surface area contributed by atoms with Crippen LogP contribution in [0.3, 0.4) is 0 Å². The second-order valence-electron chi connectivity index (χ2n) is 22.0. The van der Waals surface area contributed by atoms with Crippen molar-refractivity contribution in [3.05, 3.63) is 202 Å². The molecule has 0 spiro atoms. The van der Waals surface area contributed by atoms with Crippen LogP contribution in [0.5, 0.6) is 0 Å². The molecule has 0 saturated heterocycles. The number of carboxylic acid groups (broad SMARTS) is 1. The van der Waals surface area contributed by atoms with E-state index in [-0.39, 0.29) is 22.2 Å². The van der Waals surface area contributed by atoms with Crippen molar-refractivity contribution in [3.63, 3.8) is 0 Å². The molecule has 0 radical (unpaired) electrons. The van der Waals surface area contributed by atoms with Crippen LogP contribution in [-0.2, 0) is 9.53 Å². The largest absolute Gasteiger partial charge is 0.490 e. The van der Waals surface area contributed by atoms with Gasteiger partial charge in [0.05, 0.1) is 58.5 Å². The number of anilines is 1. The molecule has 0 aliphatic carbocycles. The molecule has 3 atom stereocenters. The predicted molar refractivity (Wildman–Crippen MR) is 356 cm³/mol. The molecule has 0 unspecified atom stereocenters. The highest BCUT2D eigenvalue weighted by atomic mass is 79.9. The van der Waals surface area contributed by atoms with Gasteiger partial charge in [-0.2, -0.15) is 13.2 Å². The second kappa shape index (κ2) is 29.2. The van der Waals surface area contributed by atoms with Gasteiger partial charge in [0.1, 0.15) is 51.3 Å². The monoisotopic (exact) mass is 1440 g/mol. The number of alkyl carbamates (subject to hydrolysis) is 1. The first-order chi connectivity index (χ1) is 45.4. The van der Waals surface area contributed by atoms with E-state index in [1.165, 1.54) is 97.9 Å². The van der Waals surface area contributed by atoms with Crippen LogP contribution in [0.25, 0.3) is 70.6 Å². The lowest BCUT2D eigenvalue weighted by Crippen LogP contribution is -2.35. The quantitative estimate of drug-likeness (QED) is 0.0577. The van der Waals surface area contributed by atoms with Crippen LogP contribution in [0.4, 0.5) is 37.0 Å². The number of carboxylic acids is 1. The fourth-order valence-corrected chi connectivity index (χ4v) is 12.4. The van der Waals surface area contributed by atoms with Gasteiger partial charge in [-0.1, -0.05) is 36.4 Å². The van der Waals surface area contributed by atoms with Crippen LogP contribution in [-0.4, -0.2) is 97.0 Å². The second-order valence-corrected chi connectivity index (χ2v) is 25.2. The van der Waals surface area contributed by atoms with E-state index in [1.807, 2.05) is 43.8 Å². The van der Waals surface area contributed by atoms with E-state index in [9.17, 15) is 45.5 Å². The van der Waals surface area contributed by atoms with Crippen molar-refractivity contribution in [2.45, 2.75) is 92.2 Å². The Kier molecular flexibility index (Phi) is 21.4. The van der Waals surface area contributed by atoms with E-state index in [1.54, 1.807) is 82.0 Å². The van der Waals surface area contributed by atoms with Crippen molar-refractivity contribution >= 4 is 105 Å². The summed E-state index contributed by atoms with van der Waals surface area (Å²) in [5.41, 5.74) is 13.3. The maximum atomic E-state index is 14.0. The SMILES string of the molecule is Brc1ncnc2nc[nH]c12.Cc1csc2nc([C@H](C)N)c(-c3cccc(F)c3)c(=O)n12.Cc1csc2nc([C@H](C)NC(=O)OC(C)(C)C)c(-c3cccc(F)c3)c(=O)n12.Cc1csc2nc([C@H](C)Nc3ncnc4nc[nH]c34)c(-c3cccc(F)c3)c(=O)n12.O=C(O)C(F)(F)F. The number of amides is 1. The third-order valence-electron chi connectivity index (χ3n) is 13.6. The molecule has 1 amide bonds. The van der Waals surface area contributed by atoms with E-state index < -0.39 is 59.4 Å². The van der Waals surface area contributed by atoms with Gasteiger partial charge in [-0.15, -0.1) is 34.0 Å². The predicted octanol–water partition coefficient (Wildman–Crippen LogP) is 12.8. The molecule has 13 aromatic rings. The van der Waals surface area contributed by atoms with Crippen molar-refractivity contribution in [2.24, 2.45) is 5.73 Å². The lowest BCUT2D eigenvalue weighted by atomic mass is 10.0. The highest BCUT2D eigenvalue weighted by molar-refractivity contribution is 9.10. The number of benzene rings is 3. The van der Waals surface area contributed by atoms with Crippen molar-refractivity contribution < 1.29 is 45.8 Å². The number of fused-ring (bicyclic) bond motifs is 5. The number of ether oxygens (including phenoxy) is 1. The van der Waals surface area contributed by atoms with Gasteiger partial charge in [0.15, 0.2) is 32.0 Å². The summed E-state index contributed by atoms with van der Waals surface area (Å²) in [5, 5.41) is 18.7. The molecule has 34 heteroatoms. The zero-order chi connectivity index (χ0) is 69.7. The molecule has 0 bridgehead atoms. The lowest BCUT2D eigenvalue weighted by Gasteiger charge is -2.22. The molecule has 0 aliphatic heterocycles. The summed E-state index contributed by atoms with van der Waals surface area (Å²) in [6.07, 6.45) is 0.310. The molecule has 13 rings (SSSR count). The van der Waals surface area contributed by atoms with E-state index >= 15 is 0 Å². The number of alkyl halides is 3. The average molecular weight is 1440 g/mol. The first-order valence-electron chi connectivity index (χ1n) is 28.5. The minimum atomic E-state index is -5.08. The number of hydrogen-bond acceptors (Lipinski definition) is 20. The summed E-state index contributed by atoms with van der Waals surface area (Å²) >= 11 is 7.36. The summed E-state index contributed by atoms with van der Waals surface area (Å²) < 4.78 is 83.7. The van der Waals surface area contributed by atoms with Crippen molar-refractivity contribution in [3.8, 4) is 33.4 Å². The number of thiazole rings is 3. The van der Waals surface area contributed by atoms with Gasteiger partial charge in [0.25, 0.3) is 16.7 Å². The van der Waals surface area contributed by atoms with Crippen LogP contribution in [0, 0.1) is 38.2 Å². The molecular formula is C62H56BrF6N17O7S3. The van der Waals surface area contributed by atoms with Crippen LogP contribution < -0.4 is 33.0 Å². The van der Waals surface area contributed by atoms with Crippen molar-refractivity contribution in [2.75, 3.05) is 5.32 Å². The minimum absolute atomic E-state index is 0.211. The zero-order valence-corrected chi connectivity index (χ0v) is 55.9. The van der Waals surface area contributed by atoms with E-state index in [2.05, 4.69) is 76.4 Å².